The van der Waals surface area contributed by atoms with Crippen LogP contribution < -0.4 is 11.1 Å². The van der Waals surface area contributed by atoms with Crippen LogP contribution in [0.15, 0.2) is 48.7 Å². The van der Waals surface area contributed by atoms with E-state index in [0.717, 1.165) is 5.56 Å². The number of hydrogen-bond donors (Lipinski definition) is 2. The Hall–Kier alpha value is -2.36. The number of anilines is 1. The van der Waals surface area contributed by atoms with Gasteiger partial charge in [0.15, 0.2) is 0 Å². The monoisotopic (exact) mass is 255 g/mol. The van der Waals surface area contributed by atoms with Crippen LogP contribution in [-0.4, -0.2) is 10.9 Å². The lowest BCUT2D eigenvalue weighted by molar-refractivity contribution is -0.121. The van der Waals surface area contributed by atoms with Crippen molar-refractivity contribution >= 4 is 11.6 Å². The van der Waals surface area contributed by atoms with Gasteiger partial charge in [-0.25, -0.2) is 0 Å². The van der Waals surface area contributed by atoms with Gasteiger partial charge in [0.1, 0.15) is 0 Å². The molecule has 19 heavy (non-hydrogen) atoms. The summed E-state index contributed by atoms with van der Waals surface area (Å²) in [4.78, 5) is 16.0. The Morgan fingerprint density at radius 3 is 2.63 bits per heavy atom. The molecule has 4 heteroatoms. The summed E-state index contributed by atoms with van der Waals surface area (Å²) in [5, 5.41) is 2.95. The molecule has 0 unspecified atom stereocenters. The number of benzene rings is 1. The van der Waals surface area contributed by atoms with Gasteiger partial charge in [0.25, 0.3) is 0 Å². The molecule has 0 aliphatic carbocycles. The molecule has 0 spiro atoms. The standard InChI is InChI=1S/C15H17N3O/c1-11(12-5-3-2-4-6-12)18-15(19)9-14-8-7-13(16)10-17-14/h2-8,10-11H,9,16H2,1H3,(H,18,19)/t11-/m0/s1. The molecular weight excluding hydrogens is 238 g/mol. The first kappa shape index (κ1) is 13.1. The van der Waals surface area contributed by atoms with E-state index >= 15 is 0 Å². The molecule has 0 aliphatic heterocycles. The summed E-state index contributed by atoms with van der Waals surface area (Å²) in [6.45, 7) is 1.96. The third-order valence-corrected chi connectivity index (χ3v) is 2.87. The van der Waals surface area contributed by atoms with E-state index in [-0.39, 0.29) is 18.4 Å². The maximum atomic E-state index is 11.9. The largest absolute Gasteiger partial charge is 0.397 e. The predicted octanol–water partition coefficient (Wildman–Crippen LogP) is 2.08. The Balaban J connectivity index is 1.93. The van der Waals surface area contributed by atoms with E-state index in [1.165, 1.54) is 0 Å². The molecule has 0 saturated heterocycles. The number of nitrogen functional groups attached to an aromatic ring is 1. The number of carbonyl (C=O) groups is 1. The Morgan fingerprint density at radius 2 is 2.00 bits per heavy atom. The Bertz CT molecular complexity index is 537. The van der Waals surface area contributed by atoms with Crippen LogP contribution >= 0.6 is 0 Å². The summed E-state index contributed by atoms with van der Waals surface area (Å²) < 4.78 is 0. The van der Waals surface area contributed by atoms with E-state index in [2.05, 4.69) is 10.3 Å². The maximum absolute atomic E-state index is 11.9. The number of rotatable bonds is 4. The predicted molar refractivity (Wildman–Crippen MR) is 75.4 cm³/mol. The fourth-order valence-corrected chi connectivity index (χ4v) is 1.82. The van der Waals surface area contributed by atoms with Crippen molar-refractivity contribution in [3.63, 3.8) is 0 Å². The van der Waals surface area contributed by atoms with E-state index in [1.807, 2.05) is 37.3 Å². The van der Waals surface area contributed by atoms with Gasteiger partial charge in [-0.05, 0) is 24.6 Å². The molecule has 0 bridgehead atoms. The van der Waals surface area contributed by atoms with Crippen LogP contribution in [0.5, 0.6) is 0 Å². The van der Waals surface area contributed by atoms with E-state index in [9.17, 15) is 4.79 Å². The van der Waals surface area contributed by atoms with Crippen molar-refractivity contribution < 1.29 is 4.79 Å². The summed E-state index contributed by atoms with van der Waals surface area (Å²) in [6, 6.07) is 13.4. The number of hydrogen-bond acceptors (Lipinski definition) is 3. The zero-order valence-corrected chi connectivity index (χ0v) is 10.8. The highest BCUT2D eigenvalue weighted by Crippen LogP contribution is 2.11. The molecule has 1 aromatic carbocycles. The van der Waals surface area contributed by atoms with E-state index < -0.39 is 0 Å². The molecule has 4 nitrogen and oxygen atoms in total. The smallest absolute Gasteiger partial charge is 0.226 e. The SMILES string of the molecule is C[C@H](NC(=O)Cc1ccc(N)cn1)c1ccccc1. The highest BCUT2D eigenvalue weighted by atomic mass is 16.1. The lowest BCUT2D eigenvalue weighted by atomic mass is 10.1. The number of aromatic nitrogens is 1. The first-order chi connectivity index (χ1) is 9.15. The molecule has 0 aliphatic rings. The zero-order chi connectivity index (χ0) is 13.7. The molecule has 98 valence electrons. The Morgan fingerprint density at radius 1 is 1.26 bits per heavy atom. The van der Waals surface area contributed by atoms with E-state index in [0.29, 0.717) is 11.4 Å². The third kappa shape index (κ3) is 3.81. The Labute approximate surface area is 112 Å². The number of nitrogens with two attached hydrogens (primary N) is 1. The minimum absolute atomic E-state index is 0.0116. The molecule has 1 heterocycles. The number of nitrogens with one attached hydrogen (secondary N) is 1. The maximum Gasteiger partial charge on any atom is 0.226 e. The normalized spacial score (nSPS) is 11.8. The van der Waals surface area contributed by atoms with Crippen LogP contribution in [0.4, 0.5) is 5.69 Å². The highest BCUT2D eigenvalue weighted by Gasteiger charge is 2.10. The second-order valence-corrected chi connectivity index (χ2v) is 4.46. The molecule has 2 rings (SSSR count). The zero-order valence-electron chi connectivity index (χ0n) is 10.8. The van der Waals surface area contributed by atoms with Gasteiger partial charge in [-0.1, -0.05) is 30.3 Å². The van der Waals surface area contributed by atoms with Crippen molar-refractivity contribution in [1.82, 2.24) is 10.3 Å². The van der Waals surface area contributed by atoms with Crippen molar-refractivity contribution in [2.24, 2.45) is 0 Å². The molecule has 1 amide bonds. The van der Waals surface area contributed by atoms with E-state index in [4.69, 9.17) is 5.73 Å². The number of pyridine rings is 1. The quantitative estimate of drug-likeness (QED) is 0.879. The Kier molecular flexibility index (Phi) is 4.13. The molecule has 1 aromatic heterocycles. The fraction of sp³-hybridized carbons (Fsp3) is 0.200. The van der Waals surface area contributed by atoms with Gasteiger partial charge < -0.3 is 11.1 Å². The van der Waals surface area contributed by atoms with Crippen LogP contribution in [0.2, 0.25) is 0 Å². The van der Waals surface area contributed by atoms with Gasteiger partial charge in [0.05, 0.1) is 24.3 Å². The second kappa shape index (κ2) is 6.00. The van der Waals surface area contributed by atoms with Crippen LogP contribution in [-0.2, 0) is 11.2 Å². The van der Waals surface area contributed by atoms with Gasteiger partial charge in [0, 0.05) is 5.69 Å². The van der Waals surface area contributed by atoms with Crippen molar-refractivity contribution in [2.75, 3.05) is 5.73 Å². The first-order valence-corrected chi connectivity index (χ1v) is 6.20. The second-order valence-electron chi connectivity index (χ2n) is 4.46. The molecular formula is C15H17N3O. The van der Waals surface area contributed by atoms with Gasteiger partial charge in [-0.3, -0.25) is 9.78 Å². The lowest BCUT2D eigenvalue weighted by Gasteiger charge is -2.14. The molecule has 2 aromatic rings. The minimum Gasteiger partial charge on any atom is -0.397 e. The molecule has 0 radical (unpaired) electrons. The fourth-order valence-electron chi connectivity index (χ4n) is 1.82. The number of nitrogens with zero attached hydrogens (tertiary/aromatic N) is 1. The highest BCUT2D eigenvalue weighted by molar-refractivity contribution is 5.78. The van der Waals surface area contributed by atoms with Crippen molar-refractivity contribution in [3.8, 4) is 0 Å². The number of amides is 1. The first-order valence-electron chi connectivity index (χ1n) is 6.20. The molecule has 0 fully saturated rings. The summed E-state index contributed by atoms with van der Waals surface area (Å²) >= 11 is 0. The summed E-state index contributed by atoms with van der Waals surface area (Å²) in [7, 11) is 0. The minimum atomic E-state index is -0.0476. The molecule has 3 N–H and O–H groups in total. The summed E-state index contributed by atoms with van der Waals surface area (Å²) in [6.07, 6.45) is 1.82. The summed E-state index contributed by atoms with van der Waals surface area (Å²) in [5.41, 5.74) is 7.95. The van der Waals surface area contributed by atoms with Gasteiger partial charge in [-0.15, -0.1) is 0 Å². The topological polar surface area (TPSA) is 68.0 Å². The van der Waals surface area contributed by atoms with Crippen LogP contribution in [0.3, 0.4) is 0 Å². The van der Waals surface area contributed by atoms with E-state index in [1.54, 1.807) is 18.3 Å². The van der Waals surface area contributed by atoms with Crippen molar-refractivity contribution in [2.45, 2.75) is 19.4 Å². The lowest BCUT2D eigenvalue weighted by Crippen LogP contribution is -2.28. The van der Waals surface area contributed by atoms with Gasteiger partial charge >= 0.3 is 0 Å². The van der Waals surface area contributed by atoms with Crippen LogP contribution in [0.25, 0.3) is 0 Å². The van der Waals surface area contributed by atoms with Crippen molar-refractivity contribution in [1.29, 1.82) is 0 Å². The molecule has 1 atom stereocenters. The van der Waals surface area contributed by atoms with Gasteiger partial charge in [-0.2, -0.15) is 0 Å². The summed E-state index contributed by atoms with van der Waals surface area (Å²) in [5.74, 6) is -0.0476. The van der Waals surface area contributed by atoms with Crippen molar-refractivity contribution in [3.05, 3.63) is 59.9 Å². The average Bonchev–Trinajstić information content (AvgIpc) is 2.42. The third-order valence-electron chi connectivity index (χ3n) is 2.87. The average molecular weight is 255 g/mol. The van der Waals surface area contributed by atoms with Gasteiger partial charge in [0.2, 0.25) is 5.91 Å². The molecule has 0 saturated carbocycles. The number of carbonyl (C=O) groups excluding carboxylic acids is 1. The van der Waals surface area contributed by atoms with Crippen LogP contribution in [0.1, 0.15) is 24.2 Å². The van der Waals surface area contributed by atoms with Crippen LogP contribution in [0, 0.1) is 0 Å².